The molecule has 6 nitrogen and oxygen atoms in total. The van der Waals surface area contributed by atoms with Gasteiger partial charge in [-0.1, -0.05) is 6.07 Å². The van der Waals surface area contributed by atoms with E-state index in [2.05, 4.69) is 10.3 Å². The summed E-state index contributed by atoms with van der Waals surface area (Å²) >= 11 is 0. The summed E-state index contributed by atoms with van der Waals surface area (Å²) in [6.45, 7) is 0.537. The molecule has 0 saturated heterocycles. The van der Waals surface area contributed by atoms with Crippen molar-refractivity contribution in [1.82, 2.24) is 4.98 Å². The van der Waals surface area contributed by atoms with E-state index < -0.39 is 5.91 Å². The van der Waals surface area contributed by atoms with Gasteiger partial charge in [-0.25, -0.2) is 4.98 Å². The minimum absolute atomic E-state index is 0.422. The Morgan fingerprint density at radius 3 is 2.62 bits per heavy atom. The van der Waals surface area contributed by atoms with Crippen molar-refractivity contribution in [3.05, 3.63) is 47.7 Å². The zero-order valence-corrected chi connectivity index (χ0v) is 11.9. The Labute approximate surface area is 122 Å². The first-order valence-corrected chi connectivity index (χ1v) is 6.34. The van der Waals surface area contributed by atoms with Crippen LogP contribution in [0.25, 0.3) is 0 Å². The Morgan fingerprint density at radius 1 is 1.24 bits per heavy atom. The molecule has 1 aromatic carbocycles. The highest BCUT2D eigenvalue weighted by atomic mass is 16.5. The number of primary amides is 1. The van der Waals surface area contributed by atoms with Crippen molar-refractivity contribution in [1.29, 1.82) is 0 Å². The highest BCUT2D eigenvalue weighted by Crippen LogP contribution is 2.26. The van der Waals surface area contributed by atoms with Gasteiger partial charge in [0.15, 0.2) is 0 Å². The third-order valence-corrected chi connectivity index (χ3v) is 2.97. The van der Waals surface area contributed by atoms with Crippen molar-refractivity contribution in [2.24, 2.45) is 5.73 Å². The van der Waals surface area contributed by atoms with Gasteiger partial charge in [0.2, 0.25) is 11.8 Å². The molecule has 0 saturated carbocycles. The van der Waals surface area contributed by atoms with E-state index in [1.807, 2.05) is 6.07 Å². The Kier molecular flexibility index (Phi) is 4.61. The summed E-state index contributed by atoms with van der Waals surface area (Å²) in [4.78, 5) is 15.4. The molecule has 21 heavy (non-hydrogen) atoms. The fraction of sp³-hybridized carbons (Fsp3) is 0.200. The maximum absolute atomic E-state index is 11.2. The smallest absolute Gasteiger partial charge is 0.248 e. The molecular weight excluding hydrogens is 270 g/mol. The number of benzene rings is 1. The number of nitrogens with one attached hydrogen (secondary N) is 1. The van der Waals surface area contributed by atoms with Crippen LogP contribution < -0.4 is 20.5 Å². The number of aromatic nitrogens is 1. The second-order valence-electron chi connectivity index (χ2n) is 4.34. The summed E-state index contributed by atoms with van der Waals surface area (Å²) in [6.07, 6.45) is 1.72. The number of anilines is 1. The van der Waals surface area contributed by atoms with Crippen LogP contribution in [0.3, 0.4) is 0 Å². The summed E-state index contributed by atoms with van der Waals surface area (Å²) in [6, 6.07) is 8.69. The maximum Gasteiger partial charge on any atom is 0.248 e. The predicted octanol–water partition coefficient (Wildman–Crippen LogP) is 1.81. The molecule has 1 aromatic heterocycles. The van der Waals surface area contributed by atoms with Gasteiger partial charge in [0, 0.05) is 24.4 Å². The van der Waals surface area contributed by atoms with Gasteiger partial charge in [-0.2, -0.15) is 0 Å². The molecule has 0 spiro atoms. The molecule has 6 heteroatoms. The predicted molar refractivity (Wildman–Crippen MR) is 79.6 cm³/mol. The fourth-order valence-electron chi connectivity index (χ4n) is 1.83. The number of amides is 1. The van der Waals surface area contributed by atoms with Crippen LogP contribution in [0.15, 0.2) is 36.5 Å². The highest BCUT2D eigenvalue weighted by molar-refractivity contribution is 5.94. The molecule has 2 rings (SSSR count). The van der Waals surface area contributed by atoms with Crippen LogP contribution in [0.5, 0.6) is 11.6 Å². The molecule has 0 bridgehead atoms. The number of pyridine rings is 1. The van der Waals surface area contributed by atoms with Gasteiger partial charge in [-0.15, -0.1) is 0 Å². The number of nitrogens with zero attached hydrogens (tertiary/aromatic N) is 1. The maximum atomic E-state index is 11.2. The molecule has 0 aliphatic heterocycles. The number of rotatable bonds is 6. The first-order chi connectivity index (χ1) is 10.1. The van der Waals surface area contributed by atoms with E-state index in [9.17, 15) is 4.79 Å². The van der Waals surface area contributed by atoms with Crippen LogP contribution in [-0.4, -0.2) is 25.1 Å². The van der Waals surface area contributed by atoms with Gasteiger partial charge < -0.3 is 20.5 Å². The van der Waals surface area contributed by atoms with E-state index in [1.54, 1.807) is 44.7 Å². The fourth-order valence-corrected chi connectivity index (χ4v) is 1.83. The van der Waals surface area contributed by atoms with Crippen LogP contribution >= 0.6 is 0 Å². The van der Waals surface area contributed by atoms with Gasteiger partial charge in [0.05, 0.1) is 19.9 Å². The van der Waals surface area contributed by atoms with E-state index in [0.29, 0.717) is 29.4 Å². The average molecular weight is 287 g/mol. The molecule has 0 unspecified atom stereocenters. The van der Waals surface area contributed by atoms with Gasteiger partial charge in [0.25, 0.3) is 0 Å². The lowest BCUT2D eigenvalue weighted by molar-refractivity contribution is 0.100. The zero-order chi connectivity index (χ0) is 15.2. The summed E-state index contributed by atoms with van der Waals surface area (Å²) in [5, 5.41) is 3.20. The molecule has 0 aliphatic rings. The van der Waals surface area contributed by atoms with Crippen LogP contribution in [0, 0.1) is 0 Å². The Balaban J connectivity index is 2.13. The average Bonchev–Trinajstić information content (AvgIpc) is 2.53. The van der Waals surface area contributed by atoms with E-state index in [0.717, 1.165) is 5.56 Å². The van der Waals surface area contributed by atoms with Crippen LogP contribution in [0.4, 0.5) is 5.69 Å². The van der Waals surface area contributed by atoms with Crippen LogP contribution in [-0.2, 0) is 6.54 Å². The Bertz CT molecular complexity index is 627. The number of hydrogen-bond acceptors (Lipinski definition) is 5. The molecular formula is C15H17N3O3. The zero-order valence-electron chi connectivity index (χ0n) is 11.9. The first-order valence-electron chi connectivity index (χ1n) is 6.34. The standard InChI is InChI=1S/C15H17N3O3/c1-20-13-5-4-11(15(16)19)7-12(13)17-8-10-3-6-14(21-2)18-9-10/h3-7,9,17H,8H2,1-2H3,(H2,16,19). The van der Waals surface area contributed by atoms with Crippen molar-refractivity contribution in [3.63, 3.8) is 0 Å². The third kappa shape index (κ3) is 3.62. The van der Waals surface area contributed by atoms with E-state index in [4.69, 9.17) is 15.2 Å². The second-order valence-corrected chi connectivity index (χ2v) is 4.34. The van der Waals surface area contributed by atoms with Crippen molar-refractivity contribution >= 4 is 11.6 Å². The number of ether oxygens (including phenoxy) is 2. The van der Waals surface area contributed by atoms with Crippen LogP contribution in [0.1, 0.15) is 15.9 Å². The monoisotopic (exact) mass is 287 g/mol. The Morgan fingerprint density at radius 2 is 2.05 bits per heavy atom. The molecule has 2 aromatic rings. The number of methoxy groups -OCH3 is 2. The number of nitrogens with two attached hydrogens (primary N) is 1. The van der Waals surface area contributed by atoms with Crippen molar-refractivity contribution < 1.29 is 14.3 Å². The minimum Gasteiger partial charge on any atom is -0.495 e. The number of carbonyl (C=O) groups excluding carboxylic acids is 1. The summed E-state index contributed by atoms with van der Waals surface area (Å²) in [7, 11) is 3.14. The lowest BCUT2D eigenvalue weighted by Gasteiger charge is -2.12. The molecule has 0 radical (unpaired) electrons. The summed E-state index contributed by atoms with van der Waals surface area (Å²) in [5.41, 5.74) is 7.38. The van der Waals surface area contributed by atoms with Gasteiger partial charge in [0.1, 0.15) is 5.75 Å². The Hall–Kier alpha value is -2.76. The molecule has 1 amide bonds. The van der Waals surface area contributed by atoms with E-state index in [-0.39, 0.29) is 0 Å². The van der Waals surface area contributed by atoms with Crippen molar-refractivity contribution in [2.45, 2.75) is 6.54 Å². The number of carbonyl (C=O) groups is 1. The van der Waals surface area contributed by atoms with Crippen molar-refractivity contribution in [3.8, 4) is 11.6 Å². The minimum atomic E-state index is -0.480. The topological polar surface area (TPSA) is 86.5 Å². The molecule has 0 aliphatic carbocycles. The third-order valence-electron chi connectivity index (χ3n) is 2.97. The molecule has 0 atom stereocenters. The molecule has 1 heterocycles. The molecule has 3 N–H and O–H groups in total. The quantitative estimate of drug-likeness (QED) is 0.846. The highest BCUT2D eigenvalue weighted by Gasteiger charge is 2.07. The SMILES string of the molecule is COc1ccc(CNc2cc(C(N)=O)ccc2OC)cn1. The van der Waals surface area contributed by atoms with Crippen molar-refractivity contribution in [2.75, 3.05) is 19.5 Å². The normalized spacial score (nSPS) is 10.0. The van der Waals surface area contributed by atoms with Crippen LogP contribution in [0.2, 0.25) is 0 Å². The molecule has 0 fully saturated rings. The van der Waals surface area contributed by atoms with E-state index in [1.165, 1.54) is 0 Å². The second kappa shape index (κ2) is 6.60. The summed E-state index contributed by atoms with van der Waals surface area (Å²) < 4.78 is 10.3. The number of hydrogen-bond donors (Lipinski definition) is 2. The largest absolute Gasteiger partial charge is 0.495 e. The van der Waals surface area contributed by atoms with Gasteiger partial charge in [-0.05, 0) is 23.8 Å². The van der Waals surface area contributed by atoms with Gasteiger partial charge in [-0.3, -0.25) is 4.79 Å². The lowest BCUT2D eigenvalue weighted by atomic mass is 10.1. The van der Waals surface area contributed by atoms with E-state index >= 15 is 0 Å². The summed E-state index contributed by atoms with van der Waals surface area (Å²) in [5.74, 6) is 0.723. The van der Waals surface area contributed by atoms with Gasteiger partial charge >= 0.3 is 0 Å². The first kappa shape index (κ1) is 14.6. The molecule has 110 valence electrons. The lowest BCUT2D eigenvalue weighted by Crippen LogP contribution is -2.11.